The number of aliphatic carboxylic acids is 1. The summed E-state index contributed by atoms with van der Waals surface area (Å²) < 4.78 is 5.12. The third kappa shape index (κ3) is 4.87. The first-order chi connectivity index (χ1) is 11.4. The molecule has 8 nitrogen and oxygen atoms in total. The molecule has 0 unspecified atom stereocenters. The van der Waals surface area contributed by atoms with E-state index in [4.69, 9.17) is 9.63 Å². The molecule has 0 bridgehead atoms. The van der Waals surface area contributed by atoms with E-state index >= 15 is 0 Å². The highest BCUT2D eigenvalue weighted by Gasteiger charge is 2.27. The number of carboxylic acids is 1. The molecular weight excluding hydrogens is 312 g/mol. The molecule has 0 aliphatic rings. The number of rotatable bonds is 8. The molecule has 1 amide bonds. The molecular formula is C16H20N4O4. The van der Waals surface area contributed by atoms with Crippen LogP contribution in [0.3, 0.4) is 0 Å². The maximum absolute atomic E-state index is 12.0. The molecule has 2 aromatic rings. The van der Waals surface area contributed by atoms with Gasteiger partial charge in [-0.25, -0.2) is 0 Å². The Kier molecular flexibility index (Phi) is 5.62. The number of amides is 1. The van der Waals surface area contributed by atoms with Gasteiger partial charge in [-0.1, -0.05) is 18.1 Å². The van der Waals surface area contributed by atoms with Gasteiger partial charge in [-0.05, 0) is 25.5 Å². The van der Waals surface area contributed by atoms with E-state index in [0.717, 1.165) is 0 Å². The van der Waals surface area contributed by atoms with Crippen molar-refractivity contribution in [2.45, 2.75) is 45.1 Å². The Labute approximate surface area is 139 Å². The van der Waals surface area contributed by atoms with Gasteiger partial charge in [-0.2, -0.15) is 4.98 Å². The zero-order chi connectivity index (χ0) is 17.6. The molecule has 0 radical (unpaired) electrons. The minimum atomic E-state index is -0.948. The molecule has 0 spiro atoms. The largest absolute Gasteiger partial charge is 0.481 e. The summed E-state index contributed by atoms with van der Waals surface area (Å²) in [6.45, 7) is 3.55. The van der Waals surface area contributed by atoms with E-state index in [1.165, 1.54) is 0 Å². The topological polar surface area (TPSA) is 118 Å². The predicted molar refractivity (Wildman–Crippen MR) is 84.9 cm³/mol. The number of carbonyl (C=O) groups is 2. The first-order valence-electron chi connectivity index (χ1n) is 7.68. The van der Waals surface area contributed by atoms with Gasteiger partial charge < -0.3 is 14.9 Å². The smallest absolute Gasteiger partial charge is 0.305 e. The molecule has 8 heteroatoms. The molecule has 0 aliphatic carbocycles. The summed E-state index contributed by atoms with van der Waals surface area (Å²) in [6, 6.07) is 5.37. The van der Waals surface area contributed by atoms with Crippen LogP contribution >= 0.6 is 0 Å². The maximum Gasteiger partial charge on any atom is 0.305 e. The Morgan fingerprint density at radius 3 is 2.79 bits per heavy atom. The summed E-state index contributed by atoms with van der Waals surface area (Å²) in [5.41, 5.74) is -0.173. The van der Waals surface area contributed by atoms with Crippen LogP contribution in [0.5, 0.6) is 0 Å². The Morgan fingerprint density at radius 1 is 1.38 bits per heavy atom. The third-order valence-electron chi connectivity index (χ3n) is 3.69. The first kappa shape index (κ1) is 17.6. The highest BCUT2D eigenvalue weighted by Crippen LogP contribution is 2.16. The molecule has 0 aliphatic heterocycles. The van der Waals surface area contributed by atoms with E-state index in [1.807, 2.05) is 13.0 Å². The average Bonchev–Trinajstić information content (AvgIpc) is 3.02. The van der Waals surface area contributed by atoms with Crippen molar-refractivity contribution < 1.29 is 19.2 Å². The van der Waals surface area contributed by atoms with E-state index in [0.29, 0.717) is 23.8 Å². The number of nitrogens with zero attached hydrogens (tertiary/aromatic N) is 3. The summed E-state index contributed by atoms with van der Waals surface area (Å²) in [6.07, 6.45) is 2.44. The number of carboxylic acid groups (broad SMARTS) is 1. The number of aromatic nitrogens is 3. The monoisotopic (exact) mass is 332 g/mol. The average molecular weight is 332 g/mol. The minimum absolute atomic E-state index is 0.125. The minimum Gasteiger partial charge on any atom is -0.481 e. The van der Waals surface area contributed by atoms with E-state index in [-0.39, 0.29) is 25.2 Å². The Morgan fingerprint density at radius 2 is 2.17 bits per heavy atom. The second-order valence-corrected chi connectivity index (χ2v) is 5.76. The fourth-order valence-corrected chi connectivity index (χ4v) is 2.17. The fourth-order valence-electron chi connectivity index (χ4n) is 2.17. The van der Waals surface area contributed by atoms with Crippen molar-refractivity contribution >= 4 is 11.9 Å². The van der Waals surface area contributed by atoms with Crippen LogP contribution in [0.25, 0.3) is 11.5 Å². The molecule has 2 N–H and O–H groups in total. The number of nitrogens with one attached hydrogen (secondary N) is 1. The molecule has 2 aromatic heterocycles. The fraction of sp³-hybridized carbons (Fsp3) is 0.438. The van der Waals surface area contributed by atoms with Crippen molar-refractivity contribution in [3.63, 3.8) is 0 Å². The van der Waals surface area contributed by atoms with E-state index in [2.05, 4.69) is 20.4 Å². The molecule has 24 heavy (non-hydrogen) atoms. The number of carbonyl (C=O) groups excluding carboxylic acids is 1. The van der Waals surface area contributed by atoms with Crippen molar-refractivity contribution in [3.05, 3.63) is 30.3 Å². The lowest BCUT2D eigenvalue weighted by Crippen LogP contribution is -2.47. The van der Waals surface area contributed by atoms with Crippen LogP contribution < -0.4 is 5.32 Å². The summed E-state index contributed by atoms with van der Waals surface area (Å²) in [4.78, 5) is 31.3. The normalized spacial score (nSPS) is 13.2. The van der Waals surface area contributed by atoms with E-state index in [1.54, 1.807) is 25.3 Å². The summed E-state index contributed by atoms with van der Waals surface area (Å²) >= 11 is 0. The van der Waals surface area contributed by atoms with Gasteiger partial charge in [0.15, 0.2) is 0 Å². The Balaban J connectivity index is 1.90. The summed E-state index contributed by atoms with van der Waals surface area (Å²) in [7, 11) is 0. The van der Waals surface area contributed by atoms with Gasteiger partial charge in [0.05, 0.1) is 6.42 Å². The predicted octanol–water partition coefficient (Wildman–Crippen LogP) is 1.82. The summed E-state index contributed by atoms with van der Waals surface area (Å²) in [5.74, 6) is -0.493. The van der Waals surface area contributed by atoms with Gasteiger partial charge in [0, 0.05) is 24.6 Å². The quantitative estimate of drug-likeness (QED) is 0.757. The van der Waals surface area contributed by atoms with Crippen molar-refractivity contribution in [2.75, 3.05) is 0 Å². The lowest BCUT2D eigenvalue weighted by Gasteiger charge is -2.27. The highest BCUT2D eigenvalue weighted by molar-refractivity contribution is 5.78. The van der Waals surface area contributed by atoms with Crippen LogP contribution in [0.2, 0.25) is 0 Å². The van der Waals surface area contributed by atoms with E-state index in [9.17, 15) is 9.59 Å². The lowest BCUT2D eigenvalue weighted by atomic mass is 9.94. The number of hydrogen-bond acceptors (Lipinski definition) is 6. The Hall–Kier alpha value is -2.77. The van der Waals surface area contributed by atoms with E-state index < -0.39 is 11.5 Å². The number of hydrogen-bond donors (Lipinski definition) is 2. The first-order valence-corrected chi connectivity index (χ1v) is 7.68. The molecule has 128 valence electrons. The standard InChI is InChI=1S/C16H20N4O4/c1-3-16(2,10-14(22)23)19-12(21)7-8-13-18-15(20-24-13)11-6-4-5-9-17-11/h4-6,9H,3,7-8,10H2,1-2H3,(H,19,21)(H,22,23)/t16-/m0/s1. The second-order valence-electron chi connectivity index (χ2n) is 5.76. The van der Waals surface area contributed by atoms with Crippen molar-refractivity contribution in [1.82, 2.24) is 20.4 Å². The van der Waals surface area contributed by atoms with Crippen LogP contribution in [0.15, 0.2) is 28.9 Å². The van der Waals surface area contributed by atoms with Crippen molar-refractivity contribution in [2.24, 2.45) is 0 Å². The van der Waals surface area contributed by atoms with Crippen LogP contribution in [-0.2, 0) is 16.0 Å². The van der Waals surface area contributed by atoms with Crippen LogP contribution in [0.1, 0.15) is 39.0 Å². The van der Waals surface area contributed by atoms with Gasteiger partial charge in [0.25, 0.3) is 0 Å². The Bertz CT molecular complexity index is 701. The number of pyridine rings is 1. The van der Waals surface area contributed by atoms with Gasteiger partial charge in [0.2, 0.25) is 17.6 Å². The molecule has 1 atom stereocenters. The van der Waals surface area contributed by atoms with Gasteiger partial charge in [-0.15, -0.1) is 0 Å². The lowest BCUT2D eigenvalue weighted by molar-refractivity contribution is -0.139. The molecule has 0 saturated heterocycles. The zero-order valence-electron chi connectivity index (χ0n) is 13.7. The molecule has 0 saturated carbocycles. The SMILES string of the molecule is CC[C@@](C)(CC(=O)O)NC(=O)CCc1nc(-c2ccccn2)no1. The molecule has 2 rings (SSSR count). The van der Waals surface area contributed by atoms with Gasteiger partial charge >= 0.3 is 5.97 Å². The van der Waals surface area contributed by atoms with Gasteiger partial charge in [0.1, 0.15) is 5.69 Å². The maximum atomic E-state index is 12.0. The molecule has 2 heterocycles. The second kappa shape index (κ2) is 7.67. The van der Waals surface area contributed by atoms with Crippen LogP contribution in [0, 0.1) is 0 Å². The van der Waals surface area contributed by atoms with Crippen molar-refractivity contribution in [1.29, 1.82) is 0 Å². The zero-order valence-corrected chi connectivity index (χ0v) is 13.7. The highest BCUT2D eigenvalue weighted by atomic mass is 16.5. The van der Waals surface area contributed by atoms with Crippen LogP contribution in [-0.4, -0.2) is 37.6 Å². The molecule has 0 aromatic carbocycles. The van der Waals surface area contributed by atoms with Crippen LogP contribution in [0.4, 0.5) is 0 Å². The molecule has 0 fully saturated rings. The van der Waals surface area contributed by atoms with Crippen molar-refractivity contribution in [3.8, 4) is 11.5 Å². The number of aryl methyl sites for hydroxylation is 1. The van der Waals surface area contributed by atoms with Gasteiger partial charge in [-0.3, -0.25) is 14.6 Å². The summed E-state index contributed by atoms with van der Waals surface area (Å²) in [5, 5.41) is 15.5. The third-order valence-corrected chi connectivity index (χ3v) is 3.69.